The number of aromatic amines is 1. The Labute approximate surface area is 120 Å². The van der Waals surface area contributed by atoms with Crippen LogP contribution in [-0.2, 0) is 14.9 Å². The van der Waals surface area contributed by atoms with Gasteiger partial charge in [-0.25, -0.2) is 4.79 Å². The van der Waals surface area contributed by atoms with Crippen molar-refractivity contribution in [2.45, 2.75) is 0 Å². The number of aliphatic hydroxyl groups excluding tert-OH is 1. The van der Waals surface area contributed by atoms with E-state index in [1.165, 1.54) is 0 Å². The number of aliphatic hydroxyl groups is 1. The van der Waals surface area contributed by atoms with E-state index in [2.05, 4.69) is 25.6 Å². The van der Waals surface area contributed by atoms with Crippen LogP contribution >= 0.6 is 0 Å². The van der Waals surface area contributed by atoms with Crippen molar-refractivity contribution in [2.75, 3.05) is 49.3 Å². The van der Waals surface area contributed by atoms with Gasteiger partial charge in [-0.2, -0.15) is 18.4 Å². The summed E-state index contributed by atoms with van der Waals surface area (Å²) in [7, 11) is -4.09. The van der Waals surface area contributed by atoms with Gasteiger partial charge in [-0.1, -0.05) is 0 Å². The maximum Gasteiger partial charge on any atom is 0.350 e. The largest absolute Gasteiger partial charge is 0.394 e. The van der Waals surface area contributed by atoms with Gasteiger partial charge in [-0.3, -0.25) is 9.54 Å². The van der Waals surface area contributed by atoms with Gasteiger partial charge in [0.2, 0.25) is 11.9 Å². The number of nitrogens with zero attached hydrogens (tertiary/aromatic N) is 2. The molecule has 11 nitrogen and oxygen atoms in total. The number of anilines is 2. The molecule has 1 rings (SSSR count). The zero-order chi connectivity index (χ0) is 15.7. The van der Waals surface area contributed by atoms with Crippen LogP contribution in [0.15, 0.2) is 4.79 Å². The molecule has 0 atom stereocenters. The highest BCUT2D eigenvalue weighted by atomic mass is 32.2. The number of aromatic nitrogens is 3. The second kappa shape index (κ2) is 8.51. The van der Waals surface area contributed by atoms with E-state index in [-0.39, 0.29) is 31.7 Å². The summed E-state index contributed by atoms with van der Waals surface area (Å²) in [5.41, 5.74) is -0.668. The SMILES string of the molecule is O=c1nc(NCCOCCO)nc(NCCS(=O)(=O)O)[nH]1. The van der Waals surface area contributed by atoms with Gasteiger partial charge in [-0.15, -0.1) is 0 Å². The number of hydrogen-bond donors (Lipinski definition) is 5. The van der Waals surface area contributed by atoms with Crippen LogP contribution in [0, 0.1) is 0 Å². The van der Waals surface area contributed by atoms with Crippen LogP contribution in [0.4, 0.5) is 11.9 Å². The zero-order valence-corrected chi connectivity index (χ0v) is 11.9. The van der Waals surface area contributed by atoms with Crippen molar-refractivity contribution >= 4 is 22.0 Å². The first-order chi connectivity index (χ1) is 9.90. The van der Waals surface area contributed by atoms with E-state index < -0.39 is 21.6 Å². The molecule has 0 aliphatic rings. The van der Waals surface area contributed by atoms with Crippen molar-refractivity contribution < 1.29 is 22.8 Å². The molecular weight excluding hydrogens is 306 g/mol. The molecule has 0 aromatic carbocycles. The monoisotopic (exact) mass is 323 g/mol. The highest BCUT2D eigenvalue weighted by molar-refractivity contribution is 7.85. The lowest BCUT2D eigenvalue weighted by Gasteiger charge is -2.07. The van der Waals surface area contributed by atoms with E-state index in [9.17, 15) is 13.2 Å². The molecule has 0 saturated heterocycles. The number of rotatable bonds is 10. The van der Waals surface area contributed by atoms with Crippen molar-refractivity contribution in [1.82, 2.24) is 15.0 Å². The van der Waals surface area contributed by atoms with E-state index in [1.54, 1.807) is 0 Å². The average Bonchev–Trinajstić information content (AvgIpc) is 2.36. The van der Waals surface area contributed by atoms with E-state index in [4.69, 9.17) is 14.4 Å². The third kappa shape index (κ3) is 8.19. The van der Waals surface area contributed by atoms with Crippen LogP contribution in [0.25, 0.3) is 0 Å². The van der Waals surface area contributed by atoms with E-state index in [0.29, 0.717) is 13.2 Å². The van der Waals surface area contributed by atoms with Crippen LogP contribution in [0.5, 0.6) is 0 Å². The summed E-state index contributed by atoms with van der Waals surface area (Å²) in [6.45, 7) is 0.630. The van der Waals surface area contributed by atoms with Crippen molar-refractivity contribution in [3.8, 4) is 0 Å². The Balaban J connectivity index is 2.49. The molecule has 1 aromatic heterocycles. The molecule has 0 amide bonds. The highest BCUT2D eigenvalue weighted by Crippen LogP contribution is 1.98. The van der Waals surface area contributed by atoms with Gasteiger partial charge in [0.25, 0.3) is 10.1 Å². The first-order valence-electron chi connectivity index (χ1n) is 6.00. The fourth-order valence-corrected chi connectivity index (χ4v) is 1.61. The molecule has 0 spiro atoms. The Morgan fingerprint density at radius 2 is 1.95 bits per heavy atom. The molecule has 12 heteroatoms. The summed E-state index contributed by atoms with van der Waals surface area (Å²) in [5.74, 6) is -0.449. The highest BCUT2D eigenvalue weighted by Gasteiger charge is 2.06. The van der Waals surface area contributed by atoms with Gasteiger partial charge in [0, 0.05) is 13.1 Å². The van der Waals surface area contributed by atoms with Crippen molar-refractivity contribution in [1.29, 1.82) is 0 Å². The smallest absolute Gasteiger partial charge is 0.350 e. The molecule has 0 radical (unpaired) electrons. The molecule has 5 N–H and O–H groups in total. The van der Waals surface area contributed by atoms with Gasteiger partial charge >= 0.3 is 5.69 Å². The third-order valence-corrected chi connectivity index (χ3v) is 2.79. The summed E-state index contributed by atoms with van der Waals surface area (Å²) in [6.07, 6.45) is 0. The first kappa shape index (κ1) is 17.3. The molecule has 1 aromatic rings. The lowest BCUT2D eigenvalue weighted by atomic mass is 10.6. The number of hydrogen-bond acceptors (Lipinski definition) is 9. The van der Waals surface area contributed by atoms with Crippen LogP contribution in [-0.4, -0.2) is 71.7 Å². The minimum Gasteiger partial charge on any atom is -0.394 e. The maximum absolute atomic E-state index is 11.3. The molecule has 0 fully saturated rings. The topological polar surface area (TPSA) is 167 Å². The number of nitrogens with one attached hydrogen (secondary N) is 3. The van der Waals surface area contributed by atoms with Crippen LogP contribution < -0.4 is 16.3 Å². The molecule has 0 aliphatic heterocycles. The summed E-state index contributed by atoms with van der Waals surface area (Å²) in [4.78, 5) is 21.0. The Kier molecular flexibility index (Phi) is 7.01. The molecule has 21 heavy (non-hydrogen) atoms. The van der Waals surface area contributed by atoms with Crippen molar-refractivity contribution in [3.05, 3.63) is 10.5 Å². The quantitative estimate of drug-likeness (QED) is 0.237. The Morgan fingerprint density at radius 3 is 2.62 bits per heavy atom. The van der Waals surface area contributed by atoms with Crippen molar-refractivity contribution in [2.24, 2.45) is 0 Å². The van der Waals surface area contributed by atoms with Gasteiger partial charge in [0.05, 0.1) is 25.6 Å². The standard InChI is InChI=1S/C9H17N5O6S/c15-3-5-20-4-1-10-7-12-8(14-9(16)13-7)11-2-6-21(17,18)19/h15H,1-6H2,(H,17,18,19)(H3,10,11,12,13,14,16). The Bertz CT molecular complexity index is 589. The number of H-pyrrole nitrogens is 1. The lowest BCUT2D eigenvalue weighted by molar-refractivity contribution is 0.0991. The fraction of sp³-hybridized carbons (Fsp3) is 0.667. The number of ether oxygens (including phenoxy) is 1. The lowest BCUT2D eigenvalue weighted by Crippen LogP contribution is -2.22. The molecule has 0 saturated carbocycles. The molecule has 120 valence electrons. The second-order valence-electron chi connectivity index (χ2n) is 3.80. The van der Waals surface area contributed by atoms with E-state index in [0.717, 1.165) is 0 Å². The average molecular weight is 323 g/mol. The predicted octanol–water partition coefficient (Wildman–Crippen LogP) is -2.11. The molecule has 0 aliphatic carbocycles. The first-order valence-corrected chi connectivity index (χ1v) is 7.61. The van der Waals surface area contributed by atoms with Crippen molar-refractivity contribution in [3.63, 3.8) is 0 Å². The van der Waals surface area contributed by atoms with Gasteiger partial charge < -0.3 is 20.5 Å². The molecule has 0 unspecified atom stereocenters. The van der Waals surface area contributed by atoms with E-state index >= 15 is 0 Å². The minimum atomic E-state index is -4.09. The minimum absolute atomic E-state index is 0.0254. The van der Waals surface area contributed by atoms with Crippen LogP contribution in [0.3, 0.4) is 0 Å². The van der Waals surface area contributed by atoms with E-state index in [1.807, 2.05) is 0 Å². The van der Waals surface area contributed by atoms with Gasteiger partial charge in [0.15, 0.2) is 0 Å². The van der Waals surface area contributed by atoms with Gasteiger partial charge in [-0.05, 0) is 0 Å². The summed E-state index contributed by atoms with van der Waals surface area (Å²) in [5, 5.41) is 13.8. The second-order valence-corrected chi connectivity index (χ2v) is 5.37. The van der Waals surface area contributed by atoms with Crippen LogP contribution in [0.1, 0.15) is 0 Å². The van der Waals surface area contributed by atoms with Gasteiger partial charge in [0.1, 0.15) is 0 Å². The molecule has 0 bridgehead atoms. The molecular formula is C9H17N5O6S. The zero-order valence-electron chi connectivity index (χ0n) is 11.1. The third-order valence-electron chi connectivity index (χ3n) is 2.07. The predicted molar refractivity (Wildman–Crippen MR) is 74.0 cm³/mol. The van der Waals surface area contributed by atoms with Crippen LogP contribution in [0.2, 0.25) is 0 Å². The Hall–Kier alpha value is -1.76. The maximum atomic E-state index is 11.3. The fourth-order valence-electron chi connectivity index (χ4n) is 1.25. The summed E-state index contributed by atoms with van der Waals surface area (Å²) >= 11 is 0. The summed E-state index contributed by atoms with van der Waals surface area (Å²) in [6, 6.07) is 0. The Morgan fingerprint density at radius 1 is 1.19 bits per heavy atom. The molecule has 1 heterocycles. The summed E-state index contributed by atoms with van der Waals surface area (Å²) < 4.78 is 34.7. The normalized spacial score (nSPS) is 11.3.